The van der Waals surface area contributed by atoms with Crippen LogP contribution < -0.4 is 15.0 Å². The maximum atomic E-state index is 13.7. The molecule has 7 heteroatoms. The van der Waals surface area contributed by atoms with E-state index in [1.54, 1.807) is 61.7 Å². The molecular weight excluding hydrogens is 384 g/mol. The van der Waals surface area contributed by atoms with Gasteiger partial charge in [-0.3, -0.25) is 19.3 Å². The van der Waals surface area contributed by atoms with E-state index in [1.165, 1.54) is 4.90 Å². The van der Waals surface area contributed by atoms with Crippen LogP contribution in [0.3, 0.4) is 0 Å². The second-order valence-corrected chi connectivity index (χ2v) is 7.45. The quantitative estimate of drug-likeness (QED) is 0.731. The van der Waals surface area contributed by atoms with Gasteiger partial charge in [0.15, 0.2) is 0 Å². The molecule has 1 aliphatic carbocycles. The Morgan fingerprint density at radius 2 is 1.63 bits per heavy atom. The molecule has 0 bridgehead atoms. The van der Waals surface area contributed by atoms with Crippen molar-refractivity contribution in [2.75, 3.05) is 18.6 Å². The molecule has 0 spiro atoms. The normalized spacial score (nSPS) is 15.1. The lowest BCUT2D eigenvalue weighted by Gasteiger charge is -2.40. The van der Waals surface area contributed by atoms with Crippen molar-refractivity contribution in [1.82, 2.24) is 5.32 Å². The minimum absolute atomic E-state index is 0.365. The number of hydrogen-bond acceptors (Lipinski definition) is 4. The fourth-order valence-electron chi connectivity index (χ4n) is 3.86. The molecule has 0 radical (unpaired) electrons. The first-order valence-corrected chi connectivity index (χ1v) is 10.0. The molecule has 0 atom stereocenters. The van der Waals surface area contributed by atoms with Crippen LogP contribution >= 0.6 is 0 Å². The van der Waals surface area contributed by atoms with Gasteiger partial charge in [-0.2, -0.15) is 0 Å². The van der Waals surface area contributed by atoms with Crippen LogP contribution in [0.1, 0.15) is 42.5 Å². The molecule has 0 heterocycles. The molecule has 3 rings (SSSR count). The Hall–Kier alpha value is -3.35. The maximum Gasteiger partial charge on any atom is 0.323 e. The van der Waals surface area contributed by atoms with Crippen molar-refractivity contribution in [1.29, 1.82) is 0 Å². The Labute approximate surface area is 175 Å². The minimum atomic E-state index is -1.14. The van der Waals surface area contributed by atoms with E-state index in [2.05, 4.69) is 5.32 Å². The van der Waals surface area contributed by atoms with E-state index in [4.69, 9.17) is 4.74 Å². The van der Waals surface area contributed by atoms with Crippen molar-refractivity contribution in [3.8, 4) is 5.75 Å². The number of nitrogens with one attached hydrogen (secondary N) is 1. The number of nitrogens with zero attached hydrogens (tertiary/aromatic N) is 1. The molecule has 2 aromatic rings. The third-order valence-electron chi connectivity index (χ3n) is 5.43. The first kappa shape index (κ1) is 21.4. The monoisotopic (exact) mass is 410 g/mol. The molecule has 0 aromatic heterocycles. The van der Waals surface area contributed by atoms with Gasteiger partial charge in [-0.15, -0.1) is 0 Å². The molecule has 0 saturated heterocycles. The average molecular weight is 410 g/mol. The Bertz CT molecular complexity index is 890. The number of amides is 2. The predicted octanol–water partition coefficient (Wildman–Crippen LogP) is 3.25. The molecule has 0 unspecified atom stereocenters. The lowest BCUT2D eigenvalue weighted by atomic mass is 9.80. The number of para-hydroxylation sites is 1. The van der Waals surface area contributed by atoms with Crippen molar-refractivity contribution in [2.24, 2.45) is 0 Å². The van der Waals surface area contributed by atoms with Gasteiger partial charge >= 0.3 is 5.97 Å². The minimum Gasteiger partial charge on any atom is -0.497 e. The van der Waals surface area contributed by atoms with Gasteiger partial charge in [0, 0.05) is 11.3 Å². The SMILES string of the molecule is COc1ccc(C(=O)NC2(C(=O)N(CC(=O)O)c3ccccc3)CCCCC2)cc1. The summed E-state index contributed by atoms with van der Waals surface area (Å²) < 4.78 is 5.13. The van der Waals surface area contributed by atoms with Gasteiger partial charge in [0.05, 0.1) is 7.11 Å². The molecule has 2 N–H and O–H groups in total. The van der Waals surface area contributed by atoms with Crippen LogP contribution in [-0.2, 0) is 9.59 Å². The van der Waals surface area contributed by atoms with E-state index in [9.17, 15) is 19.5 Å². The number of carboxylic acid groups (broad SMARTS) is 1. The summed E-state index contributed by atoms with van der Waals surface area (Å²) in [5.74, 6) is -1.24. The van der Waals surface area contributed by atoms with Crippen LogP contribution in [0.2, 0.25) is 0 Å². The number of ether oxygens (including phenoxy) is 1. The first-order chi connectivity index (χ1) is 14.4. The molecule has 2 aromatic carbocycles. The van der Waals surface area contributed by atoms with Crippen molar-refractivity contribution in [2.45, 2.75) is 37.6 Å². The maximum absolute atomic E-state index is 13.7. The average Bonchev–Trinajstić information content (AvgIpc) is 2.78. The van der Waals surface area contributed by atoms with Crippen LogP contribution in [0.5, 0.6) is 5.75 Å². The number of carbonyl (C=O) groups excluding carboxylic acids is 2. The van der Waals surface area contributed by atoms with Gasteiger partial charge in [-0.25, -0.2) is 0 Å². The highest BCUT2D eigenvalue weighted by atomic mass is 16.5. The molecule has 1 fully saturated rings. The Morgan fingerprint density at radius 3 is 2.20 bits per heavy atom. The summed E-state index contributed by atoms with van der Waals surface area (Å²) in [6.45, 7) is -0.469. The standard InChI is InChI=1S/C23H26N2O5/c1-30-19-12-10-17(11-13-19)21(28)24-23(14-6-3-7-15-23)22(29)25(16-20(26)27)18-8-4-2-5-9-18/h2,4-5,8-13H,3,6-7,14-16H2,1H3,(H,24,28)(H,26,27). The number of carboxylic acids is 1. The summed E-state index contributed by atoms with van der Waals surface area (Å²) in [4.78, 5) is 39.4. The number of rotatable bonds is 7. The summed E-state index contributed by atoms with van der Waals surface area (Å²) in [5, 5.41) is 12.3. The van der Waals surface area contributed by atoms with Gasteiger partial charge in [0.2, 0.25) is 0 Å². The molecule has 1 aliphatic rings. The van der Waals surface area contributed by atoms with Crippen LogP contribution in [0.4, 0.5) is 5.69 Å². The molecular formula is C23H26N2O5. The molecule has 2 amide bonds. The highest BCUT2D eigenvalue weighted by Gasteiger charge is 2.44. The van der Waals surface area contributed by atoms with Gasteiger partial charge in [0.1, 0.15) is 17.8 Å². The number of anilines is 1. The van der Waals surface area contributed by atoms with Gasteiger partial charge in [0.25, 0.3) is 11.8 Å². The zero-order valence-electron chi connectivity index (χ0n) is 17.0. The van der Waals surface area contributed by atoms with Crippen molar-refractivity contribution in [3.63, 3.8) is 0 Å². The summed E-state index contributed by atoms with van der Waals surface area (Å²) in [5.41, 5.74) is -0.229. The molecule has 7 nitrogen and oxygen atoms in total. The number of carbonyl (C=O) groups is 3. The van der Waals surface area contributed by atoms with E-state index in [0.29, 0.717) is 29.8 Å². The fraction of sp³-hybridized carbons (Fsp3) is 0.348. The topological polar surface area (TPSA) is 95.9 Å². The third kappa shape index (κ3) is 4.79. The number of methoxy groups -OCH3 is 1. The lowest BCUT2D eigenvalue weighted by molar-refractivity contribution is -0.137. The molecule has 30 heavy (non-hydrogen) atoms. The predicted molar refractivity (Wildman–Crippen MR) is 113 cm³/mol. The first-order valence-electron chi connectivity index (χ1n) is 10.0. The smallest absolute Gasteiger partial charge is 0.323 e. The van der Waals surface area contributed by atoms with E-state index in [1.807, 2.05) is 0 Å². The molecule has 158 valence electrons. The Kier molecular flexibility index (Phi) is 6.72. The van der Waals surface area contributed by atoms with E-state index in [0.717, 1.165) is 19.3 Å². The van der Waals surface area contributed by atoms with Crippen LogP contribution in [0.25, 0.3) is 0 Å². The van der Waals surface area contributed by atoms with E-state index < -0.39 is 24.0 Å². The van der Waals surface area contributed by atoms with E-state index >= 15 is 0 Å². The fourth-order valence-corrected chi connectivity index (χ4v) is 3.86. The largest absolute Gasteiger partial charge is 0.497 e. The van der Waals surface area contributed by atoms with Gasteiger partial charge < -0.3 is 15.2 Å². The van der Waals surface area contributed by atoms with Crippen LogP contribution in [0, 0.1) is 0 Å². The Balaban J connectivity index is 1.91. The number of hydrogen-bond donors (Lipinski definition) is 2. The Morgan fingerprint density at radius 1 is 1.00 bits per heavy atom. The summed E-state index contributed by atoms with van der Waals surface area (Å²) in [6.07, 6.45) is 3.47. The number of aliphatic carboxylic acids is 1. The third-order valence-corrected chi connectivity index (χ3v) is 5.43. The van der Waals surface area contributed by atoms with Gasteiger partial charge in [-0.1, -0.05) is 37.5 Å². The van der Waals surface area contributed by atoms with Crippen LogP contribution in [-0.4, -0.2) is 42.1 Å². The summed E-state index contributed by atoms with van der Waals surface area (Å²) in [7, 11) is 1.55. The number of benzene rings is 2. The van der Waals surface area contributed by atoms with Crippen LogP contribution in [0.15, 0.2) is 54.6 Å². The lowest BCUT2D eigenvalue weighted by Crippen LogP contribution is -2.61. The molecule has 1 saturated carbocycles. The second kappa shape index (κ2) is 9.43. The van der Waals surface area contributed by atoms with E-state index in [-0.39, 0.29) is 5.91 Å². The van der Waals surface area contributed by atoms with Gasteiger partial charge in [-0.05, 0) is 49.2 Å². The molecule has 0 aliphatic heterocycles. The van der Waals surface area contributed by atoms with Crippen molar-refractivity contribution < 1.29 is 24.2 Å². The highest BCUT2D eigenvalue weighted by molar-refractivity contribution is 6.06. The summed E-state index contributed by atoms with van der Waals surface area (Å²) in [6, 6.07) is 15.3. The second-order valence-electron chi connectivity index (χ2n) is 7.45. The zero-order valence-corrected chi connectivity index (χ0v) is 17.0. The summed E-state index contributed by atoms with van der Waals surface area (Å²) >= 11 is 0. The zero-order chi connectivity index (χ0) is 21.6. The van der Waals surface area contributed by atoms with Crippen molar-refractivity contribution in [3.05, 3.63) is 60.2 Å². The highest BCUT2D eigenvalue weighted by Crippen LogP contribution is 2.32. The van der Waals surface area contributed by atoms with Crippen molar-refractivity contribution >= 4 is 23.5 Å².